The second-order valence-corrected chi connectivity index (χ2v) is 7.23. The highest BCUT2D eigenvalue weighted by Crippen LogP contribution is 2.25. The van der Waals surface area contributed by atoms with E-state index in [4.69, 9.17) is 4.98 Å². The van der Waals surface area contributed by atoms with Crippen LogP contribution in [0.2, 0.25) is 0 Å². The number of para-hydroxylation sites is 3. The lowest BCUT2D eigenvalue weighted by molar-refractivity contribution is 0.829. The van der Waals surface area contributed by atoms with Crippen LogP contribution in [0.1, 0.15) is 18.3 Å². The van der Waals surface area contributed by atoms with E-state index >= 15 is 0 Å². The SMILES string of the molecule is CCc1nc2ccccc2n1C.Cc1cccc2nc(-c3ccccc3)n(C)c12. The lowest BCUT2D eigenvalue weighted by Crippen LogP contribution is -1.94. The highest BCUT2D eigenvalue weighted by atomic mass is 15.1. The second-order valence-electron chi connectivity index (χ2n) is 7.23. The minimum atomic E-state index is 0.991. The van der Waals surface area contributed by atoms with Crippen LogP contribution < -0.4 is 0 Å². The molecule has 0 aliphatic heterocycles. The first-order chi connectivity index (χ1) is 14.1. The number of benzene rings is 3. The van der Waals surface area contributed by atoms with Crippen LogP contribution in [0, 0.1) is 6.92 Å². The summed E-state index contributed by atoms with van der Waals surface area (Å²) in [6.07, 6.45) is 0.991. The Bertz CT molecular complexity index is 1260. The van der Waals surface area contributed by atoms with Crippen LogP contribution in [0.5, 0.6) is 0 Å². The van der Waals surface area contributed by atoms with Crippen molar-refractivity contribution < 1.29 is 0 Å². The summed E-state index contributed by atoms with van der Waals surface area (Å²) >= 11 is 0. The van der Waals surface area contributed by atoms with Crippen LogP contribution in [0.3, 0.4) is 0 Å². The number of aromatic nitrogens is 4. The predicted octanol–water partition coefficient (Wildman–Crippen LogP) is 5.68. The van der Waals surface area contributed by atoms with Crippen molar-refractivity contribution in [1.29, 1.82) is 0 Å². The van der Waals surface area contributed by atoms with E-state index in [1.54, 1.807) is 0 Å². The van der Waals surface area contributed by atoms with E-state index < -0.39 is 0 Å². The van der Waals surface area contributed by atoms with E-state index in [1.807, 2.05) is 30.3 Å². The van der Waals surface area contributed by atoms with E-state index in [-0.39, 0.29) is 0 Å². The molecular formula is C25H26N4. The number of fused-ring (bicyclic) bond motifs is 2. The van der Waals surface area contributed by atoms with Crippen LogP contribution in [0.15, 0.2) is 72.8 Å². The lowest BCUT2D eigenvalue weighted by Gasteiger charge is -2.03. The Morgan fingerprint density at radius 3 is 2.10 bits per heavy atom. The predicted molar refractivity (Wildman–Crippen MR) is 121 cm³/mol. The Balaban J connectivity index is 0.000000150. The van der Waals surface area contributed by atoms with Crippen molar-refractivity contribution in [2.45, 2.75) is 20.3 Å². The van der Waals surface area contributed by atoms with Gasteiger partial charge in [0.25, 0.3) is 0 Å². The van der Waals surface area contributed by atoms with Gasteiger partial charge in [-0.1, -0.05) is 61.5 Å². The summed E-state index contributed by atoms with van der Waals surface area (Å²) in [6, 6.07) is 24.8. The smallest absolute Gasteiger partial charge is 0.140 e. The Labute approximate surface area is 171 Å². The number of nitrogens with zero attached hydrogens (tertiary/aromatic N) is 4. The van der Waals surface area contributed by atoms with Crippen molar-refractivity contribution in [2.24, 2.45) is 14.1 Å². The van der Waals surface area contributed by atoms with Crippen LogP contribution in [0.4, 0.5) is 0 Å². The topological polar surface area (TPSA) is 35.6 Å². The molecule has 0 spiro atoms. The molecule has 0 amide bonds. The standard InChI is InChI=1S/C15H14N2.C10H12N2/c1-11-7-6-10-13-14(11)17(2)15(16-13)12-8-4-3-5-9-12;1-3-10-11-8-6-4-5-7-9(8)12(10)2/h3-10H,1-2H3;4-7H,3H2,1-2H3. The minimum absolute atomic E-state index is 0.991. The molecule has 2 heterocycles. The van der Waals surface area contributed by atoms with Gasteiger partial charge in [-0.15, -0.1) is 0 Å². The molecule has 5 aromatic rings. The van der Waals surface area contributed by atoms with E-state index in [2.05, 4.69) is 84.5 Å². The van der Waals surface area contributed by atoms with Crippen LogP contribution in [0.25, 0.3) is 33.5 Å². The van der Waals surface area contributed by atoms with Crippen molar-refractivity contribution in [3.63, 3.8) is 0 Å². The Hall–Kier alpha value is -3.40. The minimum Gasteiger partial charge on any atom is -0.331 e. The third-order valence-corrected chi connectivity index (χ3v) is 5.32. The largest absolute Gasteiger partial charge is 0.331 e. The van der Waals surface area contributed by atoms with Gasteiger partial charge in [0.2, 0.25) is 0 Å². The third-order valence-electron chi connectivity index (χ3n) is 5.32. The molecule has 0 atom stereocenters. The molecule has 0 aliphatic carbocycles. The molecular weight excluding hydrogens is 356 g/mol. The van der Waals surface area contributed by atoms with Gasteiger partial charge in [0.05, 0.1) is 22.1 Å². The van der Waals surface area contributed by atoms with Crippen molar-refractivity contribution in [3.05, 3.63) is 84.2 Å². The lowest BCUT2D eigenvalue weighted by atomic mass is 10.2. The molecule has 3 aromatic carbocycles. The summed E-state index contributed by atoms with van der Waals surface area (Å²) in [6.45, 7) is 4.25. The van der Waals surface area contributed by atoms with Gasteiger partial charge < -0.3 is 9.13 Å². The summed E-state index contributed by atoms with van der Waals surface area (Å²) in [5.74, 6) is 2.17. The fourth-order valence-corrected chi connectivity index (χ4v) is 3.82. The summed E-state index contributed by atoms with van der Waals surface area (Å²) in [5, 5.41) is 0. The van der Waals surface area contributed by atoms with E-state index in [9.17, 15) is 0 Å². The molecule has 5 rings (SSSR count). The highest BCUT2D eigenvalue weighted by molar-refractivity contribution is 5.83. The van der Waals surface area contributed by atoms with Gasteiger partial charge in [-0.05, 0) is 30.7 Å². The fraction of sp³-hybridized carbons (Fsp3) is 0.200. The first-order valence-corrected chi connectivity index (χ1v) is 9.98. The van der Waals surface area contributed by atoms with Gasteiger partial charge in [0.15, 0.2) is 0 Å². The van der Waals surface area contributed by atoms with E-state index in [0.717, 1.165) is 34.7 Å². The molecule has 0 fully saturated rings. The van der Waals surface area contributed by atoms with E-state index in [1.165, 1.54) is 16.6 Å². The van der Waals surface area contributed by atoms with Crippen molar-refractivity contribution >= 4 is 22.1 Å². The van der Waals surface area contributed by atoms with Gasteiger partial charge in [-0.25, -0.2) is 9.97 Å². The Morgan fingerprint density at radius 1 is 0.724 bits per heavy atom. The molecule has 4 nitrogen and oxygen atoms in total. The number of aryl methyl sites for hydroxylation is 4. The monoisotopic (exact) mass is 382 g/mol. The molecule has 0 saturated carbocycles. The zero-order valence-corrected chi connectivity index (χ0v) is 17.4. The average Bonchev–Trinajstić information content (AvgIpc) is 3.27. The second kappa shape index (κ2) is 7.92. The molecule has 0 unspecified atom stereocenters. The van der Waals surface area contributed by atoms with Gasteiger partial charge >= 0.3 is 0 Å². The first kappa shape index (κ1) is 18.9. The quantitative estimate of drug-likeness (QED) is 0.393. The molecule has 2 aromatic heterocycles. The normalized spacial score (nSPS) is 10.9. The average molecular weight is 383 g/mol. The summed E-state index contributed by atoms with van der Waals surface area (Å²) in [5.41, 5.74) is 7.01. The van der Waals surface area contributed by atoms with Gasteiger partial charge in [0, 0.05) is 26.1 Å². The van der Waals surface area contributed by atoms with Crippen molar-refractivity contribution in [2.75, 3.05) is 0 Å². The first-order valence-electron chi connectivity index (χ1n) is 9.98. The highest BCUT2D eigenvalue weighted by Gasteiger charge is 2.10. The van der Waals surface area contributed by atoms with Crippen LogP contribution >= 0.6 is 0 Å². The molecule has 29 heavy (non-hydrogen) atoms. The van der Waals surface area contributed by atoms with Crippen LogP contribution in [-0.2, 0) is 20.5 Å². The maximum Gasteiger partial charge on any atom is 0.140 e. The molecule has 0 saturated heterocycles. The molecule has 146 valence electrons. The molecule has 0 aliphatic rings. The van der Waals surface area contributed by atoms with Crippen molar-refractivity contribution in [1.82, 2.24) is 19.1 Å². The molecule has 0 bridgehead atoms. The van der Waals surface area contributed by atoms with Gasteiger partial charge in [-0.2, -0.15) is 0 Å². The number of rotatable bonds is 2. The summed E-state index contributed by atoms with van der Waals surface area (Å²) < 4.78 is 4.31. The van der Waals surface area contributed by atoms with Gasteiger partial charge in [-0.3, -0.25) is 0 Å². The maximum absolute atomic E-state index is 4.71. The molecule has 0 radical (unpaired) electrons. The molecule has 4 heteroatoms. The van der Waals surface area contributed by atoms with Crippen molar-refractivity contribution in [3.8, 4) is 11.4 Å². The zero-order valence-electron chi connectivity index (χ0n) is 17.4. The molecule has 0 N–H and O–H groups in total. The maximum atomic E-state index is 4.71. The number of hydrogen-bond donors (Lipinski definition) is 0. The third kappa shape index (κ3) is 3.54. The number of imidazole rings is 2. The number of hydrogen-bond acceptors (Lipinski definition) is 2. The summed E-state index contributed by atoms with van der Waals surface area (Å²) in [7, 11) is 4.14. The van der Waals surface area contributed by atoms with Crippen LogP contribution in [-0.4, -0.2) is 19.1 Å². The zero-order chi connectivity index (χ0) is 20.4. The summed E-state index contributed by atoms with van der Waals surface area (Å²) in [4.78, 5) is 9.20. The van der Waals surface area contributed by atoms with Gasteiger partial charge in [0.1, 0.15) is 11.6 Å². The Morgan fingerprint density at radius 2 is 1.41 bits per heavy atom. The fourth-order valence-electron chi connectivity index (χ4n) is 3.82. The van der Waals surface area contributed by atoms with E-state index in [0.29, 0.717) is 0 Å². The Kier molecular flexibility index (Phi) is 5.17.